The highest BCUT2D eigenvalue weighted by Gasteiger charge is 2.48. The number of carbonyl (C=O) groups excluding carboxylic acids is 3. The Kier molecular flexibility index (Phi) is 8.30. The molecule has 1 N–H and O–H groups in total. The lowest BCUT2D eigenvalue weighted by Crippen LogP contribution is -2.44. The zero-order valence-electron chi connectivity index (χ0n) is 26.6. The van der Waals surface area contributed by atoms with Crippen LogP contribution in [0.4, 0.5) is 5.69 Å². The van der Waals surface area contributed by atoms with Crippen LogP contribution >= 0.6 is 0 Å². The second-order valence-corrected chi connectivity index (χ2v) is 13.6. The first kappa shape index (κ1) is 30.6. The summed E-state index contributed by atoms with van der Waals surface area (Å²) in [6.07, 6.45) is 2.44. The minimum atomic E-state index is -0.460. The molecule has 0 bridgehead atoms. The van der Waals surface area contributed by atoms with Crippen LogP contribution in [0.25, 0.3) is 0 Å². The Morgan fingerprint density at radius 2 is 1.42 bits per heavy atom. The van der Waals surface area contributed by atoms with Crippen LogP contribution in [0.1, 0.15) is 84.3 Å². The fourth-order valence-electron chi connectivity index (χ4n) is 6.83. The molecular weight excluding hydrogens is 540 g/mol. The highest BCUT2D eigenvalue weighted by Crippen LogP contribution is 2.54. The molecule has 5 rings (SSSR count). The lowest BCUT2D eigenvalue weighted by molar-refractivity contribution is -0.120. The minimum Gasteiger partial charge on any atom is -0.490 e. The monoisotopic (exact) mass is 584 g/mol. The topological polar surface area (TPSA) is 84.9 Å². The summed E-state index contributed by atoms with van der Waals surface area (Å²) in [5.74, 6) is 0.384. The summed E-state index contributed by atoms with van der Waals surface area (Å²) in [7, 11) is 0. The van der Waals surface area contributed by atoms with Crippen molar-refractivity contribution in [2.24, 2.45) is 10.8 Å². The number of aryl methyl sites for hydroxylation is 1. The van der Waals surface area contributed by atoms with E-state index in [1.807, 2.05) is 50.2 Å². The fourth-order valence-corrected chi connectivity index (χ4v) is 6.83. The van der Waals surface area contributed by atoms with Crippen LogP contribution in [0.15, 0.2) is 65.0 Å². The Morgan fingerprint density at radius 3 is 1.95 bits per heavy atom. The van der Waals surface area contributed by atoms with Gasteiger partial charge >= 0.3 is 0 Å². The van der Waals surface area contributed by atoms with Gasteiger partial charge in [-0.3, -0.25) is 14.4 Å². The Morgan fingerprint density at radius 1 is 0.837 bits per heavy atom. The van der Waals surface area contributed by atoms with Crippen LogP contribution in [0.2, 0.25) is 0 Å². The highest BCUT2D eigenvalue weighted by atomic mass is 16.5. The first-order valence-corrected chi connectivity index (χ1v) is 15.4. The van der Waals surface area contributed by atoms with Crippen LogP contribution < -0.4 is 14.8 Å². The van der Waals surface area contributed by atoms with Crippen molar-refractivity contribution in [3.05, 3.63) is 76.1 Å². The second-order valence-electron chi connectivity index (χ2n) is 13.6. The van der Waals surface area contributed by atoms with E-state index in [4.69, 9.17) is 9.47 Å². The zero-order valence-corrected chi connectivity index (χ0v) is 26.6. The molecule has 2 aromatic carbocycles. The number of amides is 1. The number of allylic oxidation sites excluding steroid dienone is 4. The number of anilines is 1. The molecule has 2 aromatic rings. The number of carbonyl (C=O) groups is 3. The van der Waals surface area contributed by atoms with Gasteiger partial charge < -0.3 is 19.7 Å². The van der Waals surface area contributed by atoms with Gasteiger partial charge in [0.15, 0.2) is 29.7 Å². The van der Waals surface area contributed by atoms with Gasteiger partial charge in [0, 0.05) is 53.5 Å². The molecule has 43 heavy (non-hydrogen) atoms. The van der Waals surface area contributed by atoms with Gasteiger partial charge in [-0.25, -0.2) is 0 Å². The molecule has 0 aromatic heterocycles. The van der Waals surface area contributed by atoms with Crippen molar-refractivity contribution >= 4 is 23.2 Å². The number of hydrogen-bond donors (Lipinski definition) is 1. The molecule has 7 heteroatoms. The SMILES string of the molecule is CCOc1cc(C2C3=C(CC(C)(C)CC3=O)N(CC)C3=C2C(=O)CC(C)(C)C3)ccc1OCC(=O)Nc1ccc(C)cc1. The van der Waals surface area contributed by atoms with Gasteiger partial charge in [-0.15, -0.1) is 0 Å². The van der Waals surface area contributed by atoms with E-state index in [1.54, 1.807) is 6.07 Å². The molecule has 3 aliphatic rings. The third-order valence-corrected chi connectivity index (χ3v) is 8.63. The number of nitrogens with zero attached hydrogens (tertiary/aromatic N) is 1. The van der Waals surface area contributed by atoms with Gasteiger partial charge in [0.05, 0.1) is 6.61 Å². The van der Waals surface area contributed by atoms with Crippen LogP contribution in [0, 0.1) is 17.8 Å². The van der Waals surface area contributed by atoms with Gasteiger partial charge in [0.25, 0.3) is 5.91 Å². The van der Waals surface area contributed by atoms with Crippen molar-refractivity contribution in [2.45, 2.75) is 80.1 Å². The summed E-state index contributed by atoms with van der Waals surface area (Å²) in [6.45, 7) is 15.5. The van der Waals surface area contributed by atoms with Crippen molar-refractivity contribution in [3.63, 3.8) is 0 Å². The van der Waals surface area contributed by atoms with E-state index in [0.717, 1.165) is 46.5 Å². The molecule has 0 fully saturated rings. The molecule has 0 unspecified atom stereocenters. The smallest absolute Gasteiger partial charge is 0.262 e. The fraction of sp³-hybridized carbons (Fsp3) is 0.472. The van der Waals surface area contributed by atoms with E-state index in [2.05, 4.69) is 44.8 Å². The molecule has 228 valence electrons. The maximum atomic E-state index is 13.9. The van der Waals surface area contributed by atoms with E-state index < -0.39 is 5.92 Å². The first-order valence-electron chi connectivity index (χ1n) is 15.4. The zero-order chi connectivity index (χ0) is 31.1. The molecule has 7 nitrogen and oxygen atoms in total. The van der Waals surface area contributed by atoms with E-state index in [-0.39, 0.29) is 34.9 Å². The van der Waals surface area contributed by atoms with Crippen molar-refractivity contribution in [3.8, 4) is 11.5 Å². The number of Topliss-reactive ketones (excluding diaryl/α,β-unsaturated/α-hetero) is 2. The molecule has 1 amide bonds. The number of benzene rings is 2. The first-order chi connectivity index (χ1) is 20.3. The molecular formula is C36H44N2O5. The quantitative estimate of drug-likeness (QED) is 0.356. The summed E-state index contributed by atoms with van der Waals surface area (Å²) in [6, 6.07) is 13.2. The van der Waals surface area contributed by atoms with E-state index in [0.29, 0.717) is 43.2 Å². The molecule has 1 heterocycles. The van der Waals surface area contributed by atoms with Crippen molar-refractivity contribution < 1.29 is 23.9 Å². The van der Waals surface area contributed by atoms with Gasteiger partial charge in [0.2, 0.25) is 0 Å². The van der Waals surface area contributed by atoms with Crippen LogP contribution in [0.3, 0.4) is 0 Å². The summed E-state index contributed by atoms with van der Waals surface area (Å²) in [5.41, 5.74) is 5.89. The molecule has 2 aliphatic carbocycles. The highest BCUT2D eigenvalue weighted by molar-refractivity contribution is 6.06. The Hall–Kier alpha value is -3.87. The average molecular weight is 585 g/mol. The van der Waals surface area contributed by atoms with Crippen molar-refractivity contribution in [1.29, 1.82) is 0 Å². The third kappa shape index (κ3) is 6.27. The van der Waals surface area contributed by atoms with Crippen LogP contribution in [-0.2, 0) is 14.4 Å². The van der Waals surface area contributed by atoms with Crippen LogP contribution in [0.5, 0.6) is 11.5 Å². The third-order valence-electron chi connectivity index (χ3n) is 8.63. The number of nitrogens with one attached hydrogen (secondary N) is 1. The van der Waals surface area contributed by atoms with Crippen LogP contribution in [-0.4, -0.2) is 42.1 Å². The normalized spacial score (nSPS) is 19.7. The van der Waals surface area contributed by atoms with Gasteiger partial charge in [-0.1, -0.05) is 51.5 Å². The predicted octanol–water partition coefficient (Wildman–Crippen LogP) is 7.12. The molecule has 0 atom stereocenters. The largest absolute Gasteiger partial charge is 0.490 e. The van der Waals surface area contributed by atoms with Crippen molar-refractivity contribution in [1.82, 2.24) is 4.90 Å². The summed E-state index contributed by atoms with van der Waals surface area (Å²) >= 11 is 0. The van der Waals surface area contributed by atoms with E-state index in [1.165, 1.54) is 0 Å². The average Bonchev–Trinajstić information content (AvgIpc) is 2.91. The molecule has 1 aliphatic heterocycles. The number of rotatable bonds is 8. The second kappa shape index (κ2) is 11.7. The van der Waals surface area contributed by atoms with Crippen molar-refractivity contribution in [2.75, 3.05) is 25.1 Å². The maximum absolute atomic E-state index is 13.9. The number of hydrogen-bond acceptors (Lipinski definition) is 6. The van der Waals surface area contributed by atoms with E-state index in [9.17, 15) is 14.4 Å². The summed E-state index contributed by atoms with van der Waals surface area (Å²) in [4.78, 5) is 42.7. The number of ether oxygens (including phenoxy) is 2. The lowest BCUT2D eigenvalue weighted by Gasteiger charge is -2.48. The minimum absolute atomic E-state index is 0.102. The molecule has 0 saturated heterocycles. The summed E-state index contributed by atoms with van der Waals surface area (Å²) in [5, 5.41) is 2.85. The Labute approximate surface area is 255 Å². The van der Waals surface area contributed by atoms with Gasteiger partial charge in [0.1, 0.15) is 0 Å². The lowest BCUT2D eigenvalue weighted by atomic mass is 9.63. The van der Waals surface area contributed by atoms with E-state index >= 15 is 0 Å². The molecule has 0 radical (unpaired) electrons. The maximum Gasteiger partial charge on any atom is 0.262 e. The molecule has 0 saturated carbocycles. The molecule has 0 spiro atoms. The number of ketones is 2. The predicted molar refractivity (Wildman–Crippen MR) is 168 cm³/mol. The van der Waals surface area contributed by atoms with Gasteiger partial charge in [-0.2, -0.15) is 0 Å². The Bertz CT molecular complexity index is 1460. The standard InChI is InChI=1S/C36H44N2O5/c1-8-38-25-17-35(4,5)19-27(39)33(25)32(34-26(38)18-36(6,7)20-28(34)40)23-12-15-29(30(16-23)42-9-2)43-21-31(41)37-24-13-10-22(3)11-14-24/h10-16,32H,8-9,17-21H2,1-7H3,(H,37,41). The summed E-state index contributed by atoms with van der Waals surface area (Å²) < 4.78 is 11.9. The van der Waals surface area contributed by atoms with Gasteiger partial charge in [-0.05, 0) is 74.3 Å². The Balaban J connectivity index is 1.52.